The van der Waals surface area contributed by atoms with Crippen molar-refractivity contribution in [2.24, 2.45) is 11.8 Å². The van der Waals surface area contributed by atoms with Gasteiger partial charge in [-0.1, -0.05) is 0 Å². The fraction of sp³-hybridized carbons (Fsp3) is 0.857. The quantitative estimate of drug-likeness (QED) is 0.848. The van der Waals surface area contributed by atoms with E-state index in [9.17, 15) is 9.59 Å². The summed E-state index contributed by atoms with van der Waals surface area (Å²) in [6, 6.07) is -0.229. The van der Waals surface area contributed by atoms with Gasteiger partial charge in [0.05, 0.1) is 0 Å². The molecule has 1 N–H and O–H groups in total. The van der Waals surface area contributed by atoms with Gasteiger partial charge in [0, 0.05) is 19.5 Å². The molecule has 1 saturated carbocycles. The Labute approximate surface area is 118 Å². The Kier molecular flexibility index (Phi) is 4.01. The van der Waals surface area contributed by atoms with Crippen LogP contribution in [0.15, 0.2) is 0 Å². The minimum atomic E-state index is -0.229. The smallest absolute Gasteiger partial charge is 0.245 e. The summed E-state index contributed by atoms with van der Waals surface area (Å²) in [5, 5.41) is 2.92. The minimum Gasteiger partial charge on any atom is -0.344 e. The Bertz CT molecular complexity index is 364. The summed E-state index contributed by atoms with van der Waals surface area (Å²) in [7, 11) is 0. The lowest BCUT2D eigenvalue weighted by atomic mass is 10.0. The van der Waals surface area contributed by atoms with Gasteiger partial charge in [0.15, 0.2) is 0 Å². The number of carbonyl (C=O) groups excluding carboxylic acids is 2. The highest BCUT2D eigenvalue weighted by Crippen LogP contribution is 2.34. The van der Waals surface area contributed by atoms with E-state index >= 15 is 0 Å². The molecule has 106 valence electrons. The first kappa shape index (κ1) is 13.3. The van der Waals surface area contributed by atoms with Gasteiger partial charge in [-0.3, -0.25) is 9.59 Å². The molecule has 2 amide bonds. The molecule has 1 aliphatic carbocycles. The normalized spacial score (nSPS) is 30.1. The number of nitrogens with zero attached hydrogens (tertiary/aromatic N) is 1. The first-order chi connectivity index (χ1) is 9.24. The molecule has 1 atom stereocenters. The van der Waals surface area contributed by atoms with E-state index in [0.717, 1.165) is 19.4 Å². The van der Waals surface area contributed by atoms with Crippen molar-refractivity contribution < 1.29 is 9.59 Å². The average molecular weight is 282 g/mol. The molecule has 4 nitrogen and oxygen atoms in total. The molecule has 0 bridgehead atoms. The van der Waals surface area contributed by atoms with E-state index in [-0.39, 0.29) is 17.9 Å². The van der Waals surface area contributed by atoms with Crippen molar-refractivity contribution in [2.75, 3.05) is 24.6 Å². The second-order valence-corrected chi connectivity index (χ2v) is 7.20. The largest absolute Gasteiger partial charge is 0.344 e. The summed E-state index contributed by atoms with van der Waals surface area (Å²) in [4.78, 5) is 26.2. The van der Waals surface area contributed by atoms with E-state index in [4.69, 9.17) is 0 Å². The third kappa shape index (κ3) is 3.25. The van der Waals surface area contributed by atoms with Gasteiger partial charge in [-0.05, 0) is 49.0 Å². The summed E-state index contributed by atoms with van der Waals surface area (Å²) in [6.45, 7) is 1.47. The number of amides is 2. The maximum Gasteiger partial charge on any atom is 0.245 e. The molecule has 3 rings (SSSR count). The number of rotatable bonds is 3. The zero-order valence-electron chi connectivity index (χ0n) is 11.3. The molecule has 5 heteroatoms. The van der Waals surface area contributed by atoms with Crippen molar-refractivity contribution in [2.45, 2.75) is 38.1 Å². The Morgan fingerprint density at radius 1 is 1.16 bits per heavy atom. The van der Waals surface area contributed by atoms with Crippen LogP contribution in [-0.2, 0) is 9.59 Å². The summed E-state index contributed by atoms with van der Waals surface area (Å²) < 4.78 is 0. The summed E-state index contributed by atoms with van der Waals surface area (Å²) >= 11 is 2.01. The van der Waals surface area contributed by atoms with E-state index in [0.29, 0.717) is 24.8 Å². The topological polar surface area (TPSA) is 49.4 Å². The predicted octanol–water partition coefficient (Wildman–Crippen LogP) is 1.26. The fourth-order valence-corrected chi connectivity index (χ4v) is 4.23. The van der Waals surface area contributed by atoms with Gasteiger partial charge in [0.1, 0.15) is 6.04 Å². The monoisotopic (exact) mass is 282 g/mol. The van der Waals surface area contributed by atoms with E-state index < -0.39 is 0 Å². The van der Waals surface area contributed by atoms with Gasteiger partial charge >= 0.3 is 0 Å². The molecule has 2 saturated heterocycles. The molecular formula is C14H22N2O2S. The van der Waals surface area contributed by atoms with Crippen molar-refractivity contribution in [3.05, 3.63) is 0 Å². The molecule has 1 unspecified atom stereocenters. The van der Waals surface area contributed by atoms with Crippen molar-refractivity contribution in [3.63, 3.8) is 0 Å². The van der Waals surface area contributed by atoms with Gasteiger partial charge in [0.25, 0.3) is 0 Å². The van der Waals surface area contributed by atoms with E-state index in [2.05, 4.69) is 5.32 Å². The predicted molar refractivity (Wildman–Crippen MR) is 75.9 cm³/mol. The van der Waals surface area contributed by atoms with Crippen LogP contribution < -0.4 is 5.32 Å². The second-order valence-electron chi connectivity index (χ2n) is 5.97. The maximum absolute atomic E-state index is 12.6. The molecule has 2 heterocycles. The number of hydrogen-bond donors (Lipinski definition) is 1. The summed E-state index contributed by atoms with van der Waals surface area (Å²) in [5.41, 5.74) is 0. The molecule has 0 aromatic carbocycles. The highest BCUT2D eigenvalue weighted by atomic mass is 32.2. The Morgan fingerprint density at radius 3 is 2.58 bits per heavy atom. The van der Waals surface area contributed by atoms with Crippen LogP contribution >= 0.6 is 11.8 Å². The number of thioether (sulfide) groups is 1. The Morgan fingerprint density at radius 2 is 1.89 bits per heavy atom. The van der Waals surface area contributed by atoms with Crippen LogP contribution in [0.2, 0.25) is 0 Å². The zero-order chi connectivity index (χ0) is 13.2. The zero-order valence-corrected chi connectivity index (χ0v) is 12.1. The minimum absolute atomic E-state index is 0.0481. The van der Waals surface area contributed by atoms with E-state index in [1.54, 1.807) is 0 Å². The van der Waals surface area contributed by atoms with Crippen molar-refractivity contribution in [1.82, 2.24) is 10.2 Å². The fourth-order valence-electron chi connectivity index (χ4n) is 3.02. The summed E-state index contributed by atoms with van der Waals surface area (Å²) in [6.07, 6.45) is 5.07. The van der Waals surface area contributed by atoms with Gasteiger partial charge < -0.3 is 10.2 Å². The first-order valence-corrected chi connectivity index (χ1v) is 8.55. The van der Waals surface area contributed by atoms with E-state index in [1.807, 2.05) is 16.7 Å². The first-order valence-electron chi connectivity index (χ1n) is 7.40. The van der Waals surface area contributed by atoms with Crippen molar-refractivity contribution in [1.29, 1.82) is 0 Å². The average Bonchev–Trinajstić information content (AvgIpc) is 3.25. The van der Waals surface area contributed by atoms with E-state index in [1.165, 1.54) is 24.3 Å². The number of nitrogens with one attached hydrogen (secondary N) is 1. The van der Waals surface area contributed by atoms with Crippen LogP contribution in [0, 0.1) is 11.8 Å². The molecular weight excluding hydrogens is 260 g/mol. The third-order valence-electron chi connectivity index (χ3n) is 4.42. The standard InChI is InChI=1S/C14H22N2O2S/c17-12-3-6-16(9-10-4-7-19-8-5-10)14(18)13(15-12)11-1-2-11/h10-11,13H,1-9H2,(H,15,17). The van der Waals surface area contributed by atoms with Crippen LogP contribution in [-0.4, -0.2) is 47.4 Å². The molecule has 0 aromatic rings. The molecule has 19 heavy (non-hydrogen) atoms. The lowest BCUT2D eigenvalue weighted by Gasteiger charge is -2.30. The molecule has 3 aliphatic rings. The Balaban J connectivity index is 1.64. The summed E-state index contributed by atoms with van der Waals surface area (Å²) in [5.74, 6) is 3.70. The van der Waals surface area contributed by atoms with Crippen LogP contribution in [0.4, 0.5) is 0 Å². The lowest BCUT2D eigenvalue weighted by molar-refractivity contribution is -0.134. The third-order valence-corrected chi connectivity index (χ3v) is 5.46. The molecule has 0 aromatic heterocycles. The lowest BCUT2D eigenvalue weighted by Crippen LogP contribution is -2.47. The SMILES string of the molecule is O=C1CCN(CC2CCSCC2)C(=O)C(C2CC2)N1. The van der Waals surface area contributed by atoms with Crippen LogP contribution in [0.5, 0.6) is 0 Å². The maximum atomic E-state index is 12.6. The molecule has 0 radical (unpaired) electrons. The highest BCUT2D eigenvalue weighted by molar-refractivity contribution is 7.99. The van der Waals surface area contributed by atoms with Crippen LogP contribution in [0.25, 0.3) is 0 Å². The molecule has 2 aliphatic heterocycles. The van der Waals surface area contributed by atoms with Gasteiger partial charge in [-0.25, -0.2) is 0 Å². The highest BCUT2D eigenvalue weighted by Gasteiger charge is 2.41. The number of hydrogen-bond acceptors (Lipinski definition) is 3. The molecule has 0 spiro atoms. The second kappa shape index (κ2) is 5.73. The number of carbonyl (C=O) groups is 2. The van der Waals surface area contributed by atoms with Crippen molar-refractivity contribution in [3.8, 4) is 0 Å². The Hall–Kier alpha value is -0.710. The van der Waals surface area contributed by atoms with Crippen molar-refractivity contribution >= 4 is 23.6 Å². The van der Waals surface area contributed by atoms with Gasteiger partial charge in [-0.15, -0.1) is 0 Å². The van der Waals surface area contributed by atoms with Gasteiger partial charge in [0.2, 0.25) is 11.8 Å². The van der Waals surface area contributed by atoms with Crippen LogP contribution in [0.1, 0.15) is 32.1 Å². The van der Waals surface area contributed by atoms with Crippen LogP contribution in [0.3, 0.4) is 0 Å². The van der Waals surface area contributed by atoms with Gasteiger partial charge in [-0.2, -0.15) is 11.8 Å². The molecule has 3 fully saturated rings.